The maximum Gasteiger partial charge on any atom is 0.310 e. The van der Waals surface area contributed by atoms with Crippen molar-refractivity contribution in [1.82, 2.24) is 4.90 Å². The van der Waals surface area contributed by atoms with Gasteiger partial charge in [0.15, 0.2) is 5.43 Å². The molecule has 0 amide bonds. The van der Waals surface area contributed by atoms with Crippen LogP contribution in [0.5, 0.6) is 0 Å². The summed E-state index contributed by atoms with van der Waals surface area (Å²) in [7, 11) is 0. The highest BCUT2D eigenvalue weighted by Gasteiger charge is 2.27. The van der Waals surface area contributed by atoms with Crippen molar-refractivity contribution >= 4 is 28.5 Å². The summed E-state index contributed by atoms with van der Waals surface area (Å²) < 4.78 is 10.7. The van der Waals surface area contributed by atoms with Crippen LogP contribution in [0.2, 0.25) is 5.02 Å². The molecule has 1 aliphatic rings. The topological polar surface area (TPSA) is 59.8 Å². The SMILES string of the molecule is CCOC(=O)C1CCCN(Cc2coc3ccc(Cl)cc3c2=O)C1. The van der Waals surface area contributed by atoms with Gasteiger partial charge in [0.2, 0.25) is 0 Å². The molecular weight excluding hydrogens is 330 g/mol. The maximum absolute atomic E-state index is 12.6. The third kappa shape index (κ3) is 3.62. The molecule has 0 bridgehead atoms. The molecule has 1 aromatic heterocycles. The highest BCUT2D eigenvalue weighted by molar-refractivity contribution is 6.31. The molecule has 3 rings (SSSR count). The first kappa shape index (κ1) is 17.0. The number of halogens is 1. The number of esters is 1. The van der Waals surface area contributed by atoms with Gasteiger partial charge in [-0.3, -0.25) is 14.5 Å². The molecule has 1 aromatic carbocycles. The lowest BCUT2D eigenvalue weighted by atomic mass is 9.98. The second kappa shape index (κ2) is 7.36. The van der Waals surface area contributed by atoms with E-state index in [1.807, 2.05) is 6.92 Å². The third-order valence-corrected chi connectivity index (χ3v) is 4.56. The fourth-order valence-corrected chi connectivity index (χ4v) is 3.32. The van der Waals surface area contributed by atoms with E-state index in [0.29, 0.717) is 41.3 Å². The Morgan fingerprint density at radius 3 is 3.08 bits per heavy atom. The molecule has 0 N–H and O–H groups in total. The van der Waals surface area contributed by atoms with Gasteiger partial charge in [-0.25, -0.2) is 0 Å². The van der Waals surface area contributed by atoms with Crippen LogP contribution in [-0.2, 0) is 16.1 Å². The number of likely N-dealkylation sites (tertiary alicyclic amines) is 1. The van der Waals surface area contributed by atoms with Crippen LogP contribution in [0.4, 0.5) is 0 Å². The fourth-order valence-electron chi connectivity index (χ4n) is 3.15. The van der Waals surface area contributed by atoms with Crippen molar-refractivity contribution < 1.29 is 13.9 Å². The molecule has 6 heteroatoms. The van der Waals surface area contributed by atoms with Crippen LogP contribution in [0.25, 0.3) is 11.0 Å². The lowest BCUT2D eigenvalue weighted by molar-refractivity contribution is -0.150. The molecule has 0 aliphatic carbocycles. The van der Waals surface area contributed by atoms with E-state index in [1.165, 1.54) is 6.26 Å². The molecule has 24 heavy (non-hydrogen) atoms. The van der Waals surface area contributed by atoms with E-state index in [-0.39, 0.29) is 17.3 Å². The number of nitrogens with zero attached hydrogens (tertiary/aromatic N) is 1. The zero-order valence-electron chi connectivity index (χ0n) is 13.6. The van der Waals surface area contributed by atoms with Crippen molar-refractivity contribution in [2.24, 2.45) is 5.92 Å². The average Bonchev–Trinajstić information content (AvgIpc) is 2.58. The van der Waals surface area contributed by atoms with Crippen LogP contribution in [0.3, 0.4) is 0 Å². The summed E-state index contributed by atoms with van der Waals surface area (Å²) in [5.74, 6) is -0.278. The van der Waals surface area contributed by atoms with Crippen molar-refractivity contribution in [2.45, 2.75) is 26.3 Å². The highest BCUT2D eigenvalue weighted by Crippen LogP contribution is 2.21. The largest absolute Gasteiger partial charge is 0.466 e. The summed E-state index contributed by atoms with van der Waals surface area (Å²) in [6.45, 7) is 4.11. The summed E-state index contributed by atoms with van der Waals surface area (Å²) in [5, 5.41) is 0.992. The number of rotatable bonds is 4. The van der Waals surface area contributed by atoms with E-state index in [0.717, 1.165) is 19.4 Å². The molecular formula is C18H20ClNO4. The van der Waals surface area contributed by atoms with Crippen LogP contribution in [0.1, 0.15) is 25.3 Å². The first-order chi connectivity index (χ1) is 11.6. The second-order valence-corrected chi connectivity index (χ2v) is 6.49. The molecule has 0 spiro atoms. The Balaban J connectivity index is 1.78. The lowest BCUT2D eigenvalue weighted by Crippen LogP contribution is -2.39. The first-order valence-electron chi connectivity index (χ1n) is 8.17. The van der Waals surface area contributed by atoms with Crippen molar-refractivity contribution in [1.29, 1.82) is 0 Å². The Hall–Kier alpha value is -1.85. The number of ether oxygens (including phenoxy) is 1. The molecule has 1 fully saturated rings. The van der Waals surface area contributed by atoms with Gasteiger partial charge in [-0.2, -0.15) is 0 Å². The number of hydrogen-bond acceptors (Lipinski definition) is 5. The van der Waals surface area contributed by atoms with E-state index in [1.54, 1.807) is 18.2 Å². The molecule has 1 saturated heterocycles. The second-order valence-electron chi connectivity index (χ2n) is 6.06. The van der Waals surface area contributed by atoms with Crippen molar-refractivity contribution in [2.75, 3.05) is 19.7 Å². The molecule has 1 atom stereocenters. The minimum atomic E-state index is -0.153. The lowest BCUT2D eigenvalue weighted by Gasteiger charge is -2.31. The summed E-state index contributed by atoms with van der Waals surface area (Å²) in [6.07, 6.45) is 3.25. The third-order valence-electron chi connectivity index (χ3n) is 4.33. The first-order valence-corrected chi connectivity index (χ1v) is 8.55. The van der Waals surface area contributed by atoms with Gasteiger partial charge in [-0.05, 0) is 44.5 Å². The smallest absolute Gasteiger partial charge is 0.310 e. The van der Waals surface area contributed by atoms with Gasteiger partial charge in [0.05, 0.1) is 24.2 Å². The zero-order valence-corrected chi connectivity index (χ0v) is 14.3. The Morgan fingerprint density at radius 1 is 1.46 bits per heavy atom. The Morgan fingerprint density at radius 2 is 2.29 bits per heavy atom. The van der Waals surface area contributed by atoms with E-state index in [9.17, 15) is 9.59 Å². The quantitative estimate of drug-likeness (QED) is 0.793. The molecule has 2 heterocycles. The van der Waals surface area contributed by atoms with Crippen LogP contribution >= 0.6 is 11.6 Å². The standard InChI is InChI=1S/C18H20ClNO4/c1-2-23-18(22)12-4-3-7-20(9-12)10-13-11-24-16-6-5-14(19)8-15(16)17(13)21/h5-6,8,11-12H,2-4,7,9-10H2,1H3. The Kier molecular flexibility index (Phi) is 5.21. The number of carbonyl (C=O) groups is 1. The van der Waals surface area contributed by atoms with Crippen molar-refractivity contribution in [3.05, 3.63) is 45.3 Å². The molecule has 1 aliphatic heterocycles. The van der Waals surface area contributed by atoms with E-state index < -0.39 is 0 Å². The summed E-state index contributed by atoms with van der Waals surface area (Å²) in [6, 6.07) is 5.02. The monoisotopic (exact) mass is 349 g/mol. The van der Waals surface area contributed by atoms with Gasteiger partial charge in [-0.1, -0.05) is 11.6 Å². The fraction of sp³-hybridized carbons (Fsp3) is 0.444. The van der Waals surface area contributed by atoms with Gasteiger partial charge in [0, 0.05) is 23.7 Å². The number of fused-ring (bicyclic) bond motifs is 1. The van der Waals surface area contributed by atoms with Gasteiger partial charge in [0.1, 0.15) is 5.58 Å². The van der Waals surface area contributed by atoms with Crippen molar-refractivity contribution in [3.63, 3.8) is 0 Å². The molecule has 5 nitrogen and oxygen atoms in total. The zero-order chi connectivity index (χ0) is 17.1. The van der Waals surface area contributed by atoms with E-state index >= 15 is 0 Å². The van der Waals surface area contributed by atoms with Gasteiger partial charge >= 0.3 is 5.97 Å². The Labute approximate surface area is 145 Å². The van der Waals surface area contributed by atoms with E-state index in [4.69, 9.17) is 20.8 Å². The maximum atomic E-state index is 12.6. The molecule has 0 saturated carbocycles. The molecule has 2 aromatic rings. The number of carbonyl (C=O) groups excluding carboxylic acids is 1. The predicted octanol–water partition coefficient (Wildman–Crippen LogP) is 3.22. The summed E-state index contributed by atoms with van der Waals surface area (Å²) in [4.78, 5) is 26.7. The molecule has 0 radical (unpaired) electrons. The van der Waals surface area contributed by atoms with Gasteiger partial charge in [0.25, 0.3) is 0 Å². The van der Waals surface area contributed by atoms with Gasteiger partial charge < -0.3 is 9.15 Å². The van der Waals surface area contributed by atoms with Crippen LogP contribution in [-0.4, -0.2) is 30.6 Å². The summed E-state index contributed by atoms with van der Waals surface area (Å²) in [5.41, 5.74) is 1.03. The highest BCUT2D eigenvalue weighted by atomic mass is 35.5. The average molecular weight is 350 g/mol. The Bertz CT molecular complexity index is 801. The number of hydrogen-bond donors (Lipinski definition) is 0. The van der Waals surface area contributed by atoms with Crippen molar-refractivity contribution in [3.8, 4) is 0 Å². The van der Waals surface area contributed by atoms with Crippen LogP contribution in [0.15, 0.2) is 33.7 Å². The minimum absolute atomic E-state index is 0.0722. The number of piperidine rings is 1. The number of benzene rings is 1. The summed E-state index contributed by atoms with van der Waals surface area (Å²) >= 11 is 5.98. The van der Waals surface area contributed by atoms with Crippen LogP contribution in [0, 0.1) is 5.92 Å². The molecule has 128 valence electrons. The minimum Gasteiger partial charge on any atom is -0.466 e. The van der Waals surface area contributed by atoms with Gasteiger partial charge in [-0.15, -0.1) is 0 Å². The normalized spacial score (nSPS) is 18.7. The van der Waals surface area contributed by atoms with E-state index in [2.05, 4.69) is 4.90 Å². The van der Waals surface area contributed by atoms with Crippen LogP contribution < -0.4 is 5.43 Å². The predicted molar refractivity (Wildman–Crippen MR) is 92.1 cm³/mol. The molecule has 1 unspecified atom stereocenters.